The number of pyridine rings is 1. The Hall–Kier alpha value is -3.35. The zero-order valence-corrected chi connectivity index (χ0v) is 15.4. The van der Waals surface area contributed by atoms with E-state index in [4.69, 9.17) is 16.3 Å². The molecule has 130 valence electrons. The second-order valence-corrected chi connectivity index (χ2v) is 6.52. The highest BCUT2D eigenvalue weighted by atomic mass is 35.5. The number of halogens is 1. The first-order chi connectivity index (χ1) is 13.2. The van der Waals surface area contributed by atoms with E-state index in [-0.39, 0.29) is 0 Å². The van der Waals surface area contributed by atoms with Gasteiger partial charge in [0, 0.05) is 16.1 Å². The van der Waals surface area contributed by atoms with Gasteiger partial charge in [-0.15, -0.1) is 0 Å². The molecule has 0 saturated carbocycles. The van der Waals surface area contributed by atoms with Crippen LogP contribution in [0.15, 0.2) is 72.8 Å². The smallest absolute Gasteiger partial charge is 0.232 e. The Bertz CT molecular complexity index is 1130. The predicted octanol–water partition coefficient (Wildman–Crippen LogP) is 6.05. The maximum absolute atomic E-state index is 9.76. The highest BCUT2D eigenvalue weighted by molar-refractivity contribution is 6.30. The van der Waals surface area contributed by atoms with Crippen LogP contribution >= 0.6 is 11.6 Å². The quantitative estimate of drug-likeness (QED) is 0.440. The number of benzene rings is 1. The fourth-order valence-electron chi connectivity index (χ4n) is 3.21. The van der Waals surface area contributed by atoms with Crippen molar-refractivity contribution >= 4 is 11.6 Å². The van der Waals surface area contributed by atoms with Crippen molar-refractivity contribution in [2.24, 2.45) is 0 Å². The number of nitriles is 1. The number of methoxy groups -OCH3 is 1. The van der Waals surface area contributed by atoms with E-state index in [1.54, 1.807) is 0 Å². The summed E-state index contributed by atoms with van der Waals surface area (Å²) in [4.78, 5) is 4.54. The summed E-state index contributed by atoms with van der Waals surface area (Å²) in [5.74, 6) is 0.314. The molecule has 1 heterocycles. The third kappa shape index (κ3) is 3.12. The van der Waals surface area contributed by atoms with E-state index in [0.717, 1.165) is 33.5 Å². The Labute approximate surface area is 162 Å². The summed E-state index contributed by atoms with van der Waals surface area (Å²) in [6.45, 7) is 0. The van der Waals surface area contributed by atoms with Crippen molar-refractivity contribution in [3.05, 3.63) is 83.4 Å². The average Bonchev–Trinajstić information content (AvgIpc) is 2.95. The fraction of sp³-hybridized carbons (Fsp3) is 0.0435. The Kier molecular flexibility index (Phi) is 4.50. The van der Waals surface area contributed by atoms with Crippen molar-refractivity contribution in [1.82, 2.24) is 4.98 Å². The van der Waals surface area contributed by atoms with E-state index in [2.05, 4.69) is 29.3 Å². The van der Waals surface area contributed by atoms with Gasteiger partial charge in [0.25, 0.3) is 0 Å². The lowest BCUT2D eigenvalue weighted by atomic mass is 9.97. The molecule has 0 unspecified atom stereocenters. The molecule has 0 saturated heterocycles. The van der Waals surface area contributed by atoms with Crippen molar-refractivity contribution in [1.29, 1.82) is 5.26 Å². The number of hydrogen-bond acceptors (Lipinski definition) is 3. The first-order valence-electron chi connectivity index (χ1n) is 8.44. The highest BCUT2D eigenvalue weighted by Crippen LogP contribution is 2.40. The summed E-state index contributed by atoms with van der Waals surface area (Å²) in [5.41, 5.74) is 6.03. The monoisotopic (exact) mass is 370 g/mol. The average molecular weight is 371 g/mol. The maximum Gasteiger partial charge on any atom is 0.232 e. The third-order valence-electron chi connectivity index (χ3n) is 4.51. The number of nitrogens with zero attached hydrogens (tertiary/aromatic N) is 2. The number of ether oxygens (including phenoxy) is 1. The van der Waals surface area contributed by atoms with Gasteiger partial charge in [-0.05, 0) is 34.9 Å². The van der Waals surface area contributed by atoms with Gasteiger partial charge in [0.05, 0.1) is 12.8 Å². The van der Waals surface area contributed by atoms with Crippen molar-refractivity contribution < 1.29 is 4.74 Å². The van der Waals surface area contributed by atoms with Crippen LogP contribution in [0.4, 0.5) is 0 Å². The zero-order valence-electron chi connectivity index (χ0n) is 14.6. The van der Waals surface area contributed by atoms with Gasteiger partial charge in [-0.1, -0.05) is 66.2 Å². The third-order valence-corrected chi connectivity index (χ3v) is 4.77. The van der Waals surface area contributed by atoms with Crippen molar-refractivity contribution in [3.8, 4) is 45.5 Å². The second-order valence-electron chi connectivity index (χ2n) is 6.08. The molecule has 4 rings (SSSR count). The molecule has 2 aliphatic carbocycles. The lowest BCUT2D eigenvalue weighted by molar-refractivity contribution is 0.397. The first-order valence-corrected chi connectivity index (χ1v) is 8.82. The van der Waals surface area contributed by atoms with Crippen molar-refractivity contribution in [2.45, 2.75) is 0 Å². The lowest BCUT2D eigenvalue weighted by Gasteiger charge is -2.12. The van der Waals surface area contributed by atoms with Gasteiger partial charge in [0.15, 0.2) is 0 Å². The van der Waals surface area contributed by atoms with Gasteiger partial charge in [-0.2, -0.15) is 5.26 Å². The maximum atomic E-state index is 9.76. The van der Waals surface area contributed by atoms with Crippen LogP contribution in [-0.2, 0) is 0 Å². The minimum atomic E-state index is 0.314. The van der Waals surface area contributed by atoms with E-state index >= 15 is 0 Å². The minimum Gasteiger partial charge on any atom is -0.480 e. The zero-order chi connectivity index (χ0) is 18.8. The number of rotatable bonds is 3. The van der Waals surface area contributed by atoms with Gasteiger partial charge < -0.3 is 4.74 Å². The minimum absolute atomic E-state index is 0.314. The van der Waals surface area contributed by atoms with Crippen LogP contribution in [0.3, 0.4) is 0 Å². The normalized spacial score (nSPS) is 10.6. The van der Waals surface area contributed by atoms with Crippen LogP contribution in [0, 0.1) is 11.3 Å². The van der Waals surface area contributed by atoms with Crippen LogP contribution in [-0.4, -0.2) is 12.1 Å². The molecule has 0 radical (unpaired) electrons. The molecule has 0 atom stereocenters. The van der Waals surface area contributed by atoms with Crippen molar-refractivity contribution in [3.63, 3.8) is 0 Å². The molecule has 0 fully saturated rings. The Morgan fingerprint density at radius 1 is 0.852 bits per heavy atom. The van der Waals surface area contributed by atoms with E-state index in [1.807, 2.05) is 54.6 Å². The molecule has 0 aliphatic heterocycles. The SMILES string of the molecule is COc1nc(-c2ccc(Cl)cc2)cc(-c2ccc3cccccc2-3)c1C#N. The fourth-order valence-corrected chi connectivity index (χ4v) is 3.33. The first kappa shape index (κ1) is 17.1. The van der Waals surface area contributed by atoms with Crippen LogP contribution in [0.25, 0.3) is 33.5 Å². The summed E-state index contributed by atoms with van der Waals surface area (Å²) >= 11 is 6.01. The molecule has 0 spiro atoms. The molecular weight excluding hydrogens is 356 g/mol. The summed E-state index contributed by atoms with van der Waals surface area (Å²) in [6.07, 6.45) is 0. The summed E-state index contributed by atoms with van der Waals surface area (Å²) in [7, 11) is 1.53. The standard InChI is InChI=1S/C23H15ClN2O/c1-27-23-21(14-25)20(13-22(26-23)16-7-10-17(24)11-8-16)19-12-9-15-5-3-2-4-6-18(15)19/h2-13H,1H3. The van der Waals surface area contributed by atoms with Gasteiger partial charge in [0.1, 0.15) is 11.6 Å². The highest BCUT2D eigenvalue weighted by Gasteiger charge is 2.19. The molecule has 2 aromatic rings. The molecule has 27 heavy (non-hydrogen) atoms. The largest absolute Gasteiger partial charge is 0.480 e. The summed E-state index contributed by atoms with van der Waals surface area (Å²) in [6, 6.07) is 25.8. The van der Waals surface area contributed by atoms with Crippen molar-refractivity contribution in [2.75, 3.05) is 7.11 Å². The molecule has 4 heteroatoms. The van der Waals surface area contributed by atoms with E-state index in [9.17, 15) is 5.26 Å². The van der Waals surface area contributed by atoms with E-state index in [1.165, 1.54) is 7.11 Å². The Morgan fingerprint density at radius 2 is 1.59 bits per heavy atom. The molecule has 0 amide bonds. The predicted molar refractivity (Wildman–Crippen MR) is 108 cm³/mol. The van der Waals surface area contributed by atoms with Crippen LogP contribution in [0.1, 0.15) is 5.56 Å². The van der Waals surface area contributed by atoms with Gasteiger partial charge >= 0.3 is 0 Å². The number of hydrogen-bond donors (Lipinski definition) is 0. The summed E-state index contributed by atoms with van der Waals surface area (Å²) < 4.78 is 5.43. The van der Waals surface area contributed by atoms with Gasteiger partial charge in [0.2, 0.25) is 5.88 Å². The van der Waals surface area contributed by atoms with Crippen LogP contribution in [0.2, 0.25) is 5.02 Å². The van der Waals surface area contributed by atoms with E-state index < -0.39 is 0 Å². The molecule has 1 aromatic carbocycles. The molecule has 3 nitrogen and oxygen atoms in total. The molecule has 1 aromatic heterocycles. The lowest BCUT2D eigenvalue weighted by Crippen LogP contribution is -1.97. The summed E-state index contributed by atoms with van der Waals surface area (Å²) in [5, 5.41) is 10.4. The molecule has 2 aliphatic rings. The Morgan fingerprint density at radius 3 is 2.33 bits per heavy atom. The topological polar surface area (TPSA) is 45.9 Å². The number of aromatic nitrogens is 1. The second kappa shape index (κ2) is 7.11. The van der Waals surface area contributed by atoms with Crippen LogP contribution in [0.5, 0.6) is 5.88 Å². The molecule has 0 bridgehead atoms. The molecule has 0 N–H and O–H groups in total. The van der Waals surface area contributed by atoms with E-state index in [0.29, 0.717) is 16.5 Å². The van der Waals surface area contributed by atoms with Crippen LogP contribution < -0.4 is 4.74 Å². The number of fused-ring (bicyclic) bond motifs is 1. The molecular formula is C23H15ClN2O. The van der Waals surface area contributed by atoms with Gasteiger partial charge in [-0.3, -0.25) is 0 Å². The van der Waals surface area contributed by atoms with Gasteiger partial charge in [-0.25, -0.2) is 4.98 Å². The Balaban J connectivity index is 1.98.